The van der Waals surface area contributed by atoms with Crippen LogP contribution in [0.1, 0.15) is 17.5 Å². The third kappa shape index (κ3) is 5.16. The maximum Gasteiger partial charge on any atom is 0.319 e. The van der Waals surface area contributed by atoms with Crippen LogP contribution in [0.4, 0.5) is 10.5 Å². The summed E-state index contributed by atoms with van der Waals surface area (Å²) in [5.41, 5.74) is 3.38. The number of nitrogens with one attached hydrogen (secondary N) is 2. The van der Waals surface area contributed by atoms with Gasteiger partial charge in [-0.05, 0) is 49.1 Å². The zero-order valence-corrected chi connectivity index (χ0v) is 16.8. The van der Waals surface area contributed by atoms with Crippen LogP contribution in [0.5, 0.6) is 11.5 Å². The SMILES string of the molecule is COc1ccc(NC(=O)NC[C@@H]2CCN(Cc3ccccc3C)C2)cc1OC. The molecule has 0 aromatic heterocycles. The number of hydrogen-bond acceptors (Lipinski definition) is 4. The number of benzene rings is 2. The molecule has 2 N–H and O–H groups in total. The van der Waals surface area contributed by atoms with Crippen molar-refractivity contribution in [2.24, 2.45) is 5.92 Å². The molecule has 2 aromatic rings. The molecule has 0 spiro atoms. The Morgan fingerprint density at radius 2 is 1.93 bits per heavy atom. The number of carbonyl (C=O) groups excluding carboxylic acids is 1. The average Bonchev–Trinajstić information content (AvgIpc) is 3.15. The van der Waals surface area contributed by atoms with Gasteiger partial charge in [-0.15, -0.1) is 0 Å². The van der Waals surface area contributed by atoms with E-state index in [-0.39, 0.29) is 6.03 Å². The van der Waals surface area contributed by atoms with E-state index in [4.69, 9.17) is 9.47 Å². The summed E-state index contributed by atoms with van der Waals surface area (Å²) < 4.78 is 10.5. The molecule has 1 aliphatic heterocycles. The predicted octanol–water partition coefficient (Wildman–Crippen LogP) is 3.66. The molecule has 0 saturated carbocycles. The number of rotatable bonds is 7. The van der Waals surface area contributed by atoms with Crippen molar-refractivity contribution >= 4 is 11.7 Å². The van der Waals surface area contributed by atoms with Crippen molar-refractivity contribution in [2.45, 2.75) is 19.9 Å². The topological polar surface area (TPSA) is 62.8 Å². The molecule has 2 aromatic carbocycles. The zero-order valence-electron chi connectivity index (χ0n) is 16.8. The number of methoxy groups -OCH3 is 2. The summed E-state index contributed by atoms with van der Waals surface area (Å²) in [6.07, 6.45) is 1.10. The van der Waals surface area contributed by atoms with Crippen molar-refractivity contribution in [3.8, 4) is 11.5 Å². The van der Waals surface area contributed by atoms with E-state index < -0.39 is 0 Å². The minimum absolute atomic E-state index is 0.204. The normalized spacial score (nSPS) is 16.6. The van der Waals surface area contributed by atoms with Crippen LogP contribution in [0.25, 0.3) is 0 Å². The third-order valence-corrected chi connectivity index (χ3v) is 5.22. The molecule has 0 bridgehead atoms. The molecule has 0 unspecified atom stereocenters. The fraction of sp³-hybridized carbons (Fsp3) is 0.409. The molecule has 1 fully saturated rings. The smallest absolute Gasteiger partial charge is 0.319 e. The van der Waals surface area contributed by atoms with Crippen LogP contribution in [0.15, 0.2) is 42.5 Å². The number of amides is 2. The summed E-state index contributed by atoms with van der Waals surface area (Å²) in [6.45, 7) is 5.87. The predicted molar refractivity (Wildman–Crippen MR) is 111 cm³/mol. The summed E-state index contributed by atoms with van der Waals surface area (Å²) in [5, 5.41) is 5.84. The van der Waals surface area contributed by atoms with Crippen LogP contribution in [0, 0.1) is 12.8 Å². The van der Waals surface area contributed by atoms with E-state index in [1.807, 2.05) is 0 Å². The summed E-state index contributed by atoms with van der Waals surface area (Å²) in [7, 11) is 3.16. The number of nitrogens with zero attached hydrogens (tertiary/aromatic N) is 1. The van der Waals surface area contributed by atoms with Crippen LogP contribution < -0.4 is 20.1 Å². The third-order valence-electron chi connectivity index (χ3n) is 5.22. The van der Waals surface area contributed by atoms with E-state index >= 15 is 0 Å². The second kappa shape index (κ2) is 9.46. The second-order valence-corrected chi connectivity index (χ2v) is 7.22. The van der Waals surface area contributed by atoms with E-state index in [0.29, 0.717) is 29.6 Å². The Balaban J connectivity index is 1.45. The Morgan fingerprint density at radius 3 is 2.68 bits per heavy atom. The molecule has 2 amide bonds. The summed E-state index contributed by atoms with van der Waals surface area (Å²) in [5.74, 6) is 1.69. The van der Waals surface area contributed by atoms with Gasteiger partial charge in [0.2, 0.25) is 0 Å². The Kier molecular flexibility index (Phi) is 6.76. The van der Waals surface area contributed by atoms with Crippen molar-refractivity contribution < 1.29 is 14.3 Å². The van der Waals surface area contributed by atoms with E-state index in [1.165, 1.54) is 11.1 Å². The number of hydrogen-bond donors (Lipinski definition) is 2. The lowest BCUT2D eigenvalue weighted by Crippen LogP contribution is -2.34. The minimum atomic E-state index is -0.204. The molecular formula is C22H29N3O3. The van der Waals surface area contributed by atoms with Gasteiger partial charge in [-0.25, -0.2) is 4.79 Å². The molecule has 6 heteroatoms. The van der Waals surface area contributed by atoms with E-state index in [0.717, 1.165) is 26.1 Å². The van der Waals surface area contributed by atoms with Gasteiger partial charge in [0, 0.05) is 31.4 Å². The first-order valence-electron chi connectivity index (χ1n) is 9.62. The Morgan fingerprint density at radius 1 is 1.14 bits per heavy atom. The first-order valence-corrected chi connectivity index (χ1v) is 9.62. The molecule has 1 aliphatic rings. The number of anilines is 1. The molecule has 3 rings (SSSR count). The number of carbonyl (C=O) groups is 1. The van der Waals surface area contributed by atoms with Gasteiger partial charge < -0.3 is 20.1 Å². The summed E-state index contributed by atoms with van der Waals surface area (Å²) in [4.78, 5) is 14.7. The number of likely N-dealkylation sites (tertiary alicyclic amines) is 1. The van der Waals surface area contributed by atoms with E-state index in [1.54, 1.807) is 32.4 Å². The monoisotopic (exact) mass is 383 g/mol. The van der Waals surface area contributed by atoms with Gasteiger partial charge in [0.1, 0.15) is 0 Å². The summed E-state index contributed by atoms with van der Waals surface area (Å²) in [6, 6.07) is 13.6. The Hall–Kier alpha value is -2.73. The fourth-order valence-electron chi connectivity index (χ4n) is 3.58. The van der Waals surface area contributed by atoms with Crippen LogP contribution in [-0.4, -0.2) is 44.8 Å². The van der Waals surface area contributed by atoms with Gasteiger partial charge in [0.15, 0.2) is 11.5 Å². The molecule has 150 valence electrons. The molecular weight excluding hydrogens is 354 g/mol. The molecule has 0 radical (unpaired) electrons. The highest BCUT2D eigenvalue weighted by Gasteiger charge is 2.23. The van der Waals surface area contributed by atoms with Gasteiger partial charge in [0.25, 0.3) is 0 Å². The van der Waals surface area contributed by atoms with Crippen LogP contribution in [0.3, 0.4) is 0 Å². The van der Waals surface area contributed by atoms with Crippen molar-refractivity contribution in [2.75, 3.05) is 39.2 Å². The molecule has 1 heterocycles. The second-order valence-electron chi connectivity index (χ2n) is 7.22. The molecule has 1 atom stereocenters. The van der Waals surface area contributed by atoms with Crippen molar-refractivity contribution in [3.05, 3.63) is 53.6 Å². The maximum atomic E-state index is 12.2. The van der Waals surface area contributed by atoms with Gasteiger partial charge in [-0.1, -0.05) is 24.3 Å². The summed E-state index contributed by atoms with van der Waals surface area (Å²) >= 11 is 0. The molecule has 1 saturated heterocycles. The number of ether oxygens (including phenoxy) is 2. The number of urea groups is 1. The largest absolute Gasteiger partial charge is 0.493 e. The van der Waals surface area contributed by atoms with Gasteiger partial charge >= 0.3 is 6.03 Å². The quantitative estimate of drug-likeness (QED) is 0.766. The molecule has 0 aliphatic carbocycles. The van der Waals surface area contributed by atoms with E-state index in [2.05, 4.69) is 46.7 Å². The van der Waals surface area contributed by atoms with Gasteiger partial charge in [0.05, 0.1) is 14.2 Å². The maximum absolute atomic E-state index is 12.2. The lowest BCUT2D eigenvalue weighted by molar-refractivity contribution is 0.249. The fourth-order valence-corrected chi connectivity index (χ4v) is 3.58. The Labute approximate surface area is 166 Å². The average molecular weight is 383 g/mol. The van der Waals surface area contributed by atoms with Crippen LogP contribution >= 0.6 is 0 Å². The van der Waals surface area contributed by atoms with Gasteiger partial charge in [-0.3, -0.25) is 4.90 Å². The van der Waals surface area contributed by atoms with Crippen molar-refractivity contribution in [1.82, 2.24) is 10.2 Å². The highest BCUT2D eigenvalue weighted by molar-refractivity contribution is 5.89. The first-order chi connectivity index (χ1) is 13.6. The highest BCUT2D eigenvalue weighted by atomic mass is 16.5. The molecule has 6 nitrogen and oxygen atoms in total. The highest BCUT2D eigenvalue weighted by Crippen LogP contribution is 2.29. The standard InChI is InChI=1S/C22H29N3O3/c1-16-6-4-5-7-18(16)15-25-11-10-17(14-25)13-23-22(26)24-19-8-9-20(27-2)21(12-19)28-3/h4-9,12,17H,10-11,13-15H2,1-3H3,(H2,23,24,26)/t17-/m0/s1. The first kappa shape index (κ1) is 20.0. The zero-order chi connectivity index (χ0) is 19.9. The van der Waals surface area contributed by atoms with Crippen LogP contribution in [-0.2, 0) is 6.54 Å². The number of aryl methyl sites for hydroxylation is 1. The lowest BCUT2D eigenvalue weighted by atomic mass is 10.1. The van der Waals surface area contributed by atoms with E-state index in [9.17, 15) is 4.79 Å². The minimum Gasteiger partial charge on any atom is -0.493 e. The van der Waals surface area contributed by atoms with Crippen LogP contribution in [0.2, 0.25) is 0 Å². The lowest BCUT2D eigenvalue weighted by Gasteiger charge is -2.18. The van der Waals surface area contributed by atoms with Crippen molar-refractivity contribution in [1.29, 1.82) is 0 Å². The van der Waals surface area contributed by atoms with Gasteiger partial charge in [-0.2, -0.15) is 0 Å². The van der Waals surface area contributed by atoms with Crippen molar-refractivity contribution in [3.63, 3.8) is 0 Å². The Bertz CT molecular complexity index is 809. The molecule has 28 heavy (non-hydrogen) atoms.